The molecule has 0 radical (unpaired) electrons. The lowest BCUT2D eigenvalue weighted by Crippen LogP contribution is -2.42. The molecule has 1 amide bonds. The molecule has 0 spiro atoms. The molecule has 2 fully saturated rings. The molecule has 1 aromatic carbocycles. The van der Waals surface area contributed by atoms with Gasteiger partial charge in [-0.3, -0.25) is 4.79 Å². The molecule has 1 aromatic heterocycles. The van der Waals surface area contributed by atoms with E-state index in [2.05, 4.69) is 29.9 Å². The Morgan fingerprint density at radius 2 is 2.13 bits per heavy atom. The van der Waals surface area contributed by atoms with Crippen molar-refractivity contribution in [1.29, 1.82) is 0 Å². The van der Waals surface area contributed by atoms with Gasteiger partial charge in [0.25, 0.3) is 0 Å². The fourth-order valence-corrected chi connectivity index (χ4v) is 7.02. The van der Waals surface area contributed by atoms with Gasteiger partial charge < -0.3 is 5.32 Å². The molecule has 0 saturated heterocycles. The Bertz CT molecular complexity index is 1000. The van der Waals surface area contributed by atoms with Gasteiger partial charge in [-0.1, -0.05) is 37.3 Å². The lowest BCUT2D eigenvalue weighted by molar-refractivity contribution is -0.116. The molecule has 162 valence electrons. The highest BCUT2D eigenvalue weighted by molar-refractivity contribution is 5.89. The fraction of sp³-hybridized carbons (Fsp3) is 0.481. The average Bonchev–Trinajstić information content (AvgIpc) is 3.03. The van der Waals surface area contributed by atoms with Gasteiger partial charge in [0.05, 0.1) is 0 Å². The topological polar surface area (TPSA) is 42.0 Å². The number of pyridine rings is 1. The van der Waals surface area contributed by atoms with Crippen LogP contribution in [0.1, 0.15) is 62.5 Å². The van der Waals surface area contributed by atoms with E-state index in [9.17, 15) is 9.18 Å². The quantitative estimate of drug-likeness (QED) is 0.594. The monoisotopic (exact) mass is 418 g/mol. The predicted molar refractivity (Wildman–Crippen MR) is 121 cm³/mol. The van der Waals surface area contributed by atoms with E-state index in [1.165, 1.54) is 11.1 Å². The summed E-state index contributed by atoms with van der Waals surface area (Å²) in [5.74, 6) is 2.58. The zero-order valence-electron chi connectivity index (χ0n) is 18.2. The van der Waals surface area contributed by atoms with Gasteiger partial charge in [-0.05, 0) is 96.9 Å². The first-order chi connectivity index (χ1) is 15.0. The molecular weight excluding hydrogens is 387 g/mol. The summed E-state index contributed by atoms with van der Waals surface area (Å²) in [6.45, 7) is 6.87. The highest BCUT2D eigenvalue weighted by Crippen LogP contribution is 2.65. The number of allylic oxidation sites excluding steroid dienone is 1. The Hall–Kier alpha value is -2.49. The maximum absolute atomic E-state index is 14.4. The van der Waals surface area contributed by atoms with Crippen LogP contribution in [0.25, 0.3) is 0 Å². The Morgan fingerprint density at radius 3 is 2.94 bits per heavy atom. The van der Waals surface area contributed by atoms with Gasteiger partial charge in [-0.2, -0.15) is 0 Å². The van der Waals surface area contributed by atoms with Crippen molar-refractivity contribution >= 4 is 11.7 Å². The van der Waals surface area contributed by atoms with Gasteiger partial charge in [0.1, 0.15) is 11.6 Å². The standard InChI is InChI=1S/C27H31FN2O/c1-17-16-18(9-12-25(31)30-24-8-3-4-15-29-24)26-22-11-10-21-19(6-5-7-23(21)28)20(22)13-14-27(17,26)2/h3-8,15,18,20,22,26H,1,9-14,16H2,2H3,(H,29,30,31)/t18-,20?,22?,26?,27-/m1/s1. The Kier molecular flexibility index (Phi) is 5.19. The van der Waals surface area contributed by atoms with E-state index in [0.717, 1.165) is 44.1 Å². The molecule has 0 aliphatic heterocycles. The number of hydrogen-bond acceptors (Lipinski definition) is 2. The number of fused-ring (bicyclic) bond motifs is 5. The van der Waals surface area contributed by atoms with Gasteiger partial charge >= 0.3 is 0 Å². The van der Waals surface area contributed by atoms with E-state index in [1.807, 2.05) is 24.3 Å². The van der Waals surface area contributed by atoms with Crippen LogP contribution >= 0.6 is 0 Å². The second-order valence-corrected chi connectivity index (χ2v) is 9.97. The molecule has 5 rings (SSSR count). The highest BCUT2D eigenvalue weighted by atomic mass is 19.1. The molecule has 5 atom stereocenters. The molecular formula is C27H31FN2O. The fourth-order valence-electron chi connectivity index (χ4n) is 7.02. The second kappa shape index (κ2) is 7.89. The van der Waals surface area contributed by atoms with Crippen molar-refractivity contribution in [3.8, 4) is 0 Å². The number of nitrogens with one attached hydrogen (secondary N) is 1. The van der Waals surface area contributed by atoms with Crippen LogP contribution in [0.15, 0.2) is 54.7 Å². The molecule has 2 saturated carbocycles. The van der Waals surface area contributed by atoms with Crippen molar-refractivity contribution in [3.63, 3.8) is 0 Å². The summed E-state index contributed by atoms with van der Waals surface area (Å²) < 4.78 is 14.4. The summed E-state index contributed by atoms with van der Waals surface area (Å²) in [6, 6.07) is 11.2. The molecule has 3 nitrogen and oxygen atoms in total. The van der Waals surface area contributed by atoms with Crippen LogP contribution in [0, 0.1) is 29.0 Å². The maximum atomic E-state index is 14.4. The van der Waals surface area contributed by atoms with Crippen LogP contribution in [-0.2, 0) is 11.2 Å². The first kappa shape index (κ1) is 20.4. The minimum absolute atomic E-state index is 0.0290. The molecule has 2 aromatic rings. The van der Waals surface area contributed by atoms with Gasteiger partial charge in [-0.25, -0.2) is 9.37 Å². The number of hydrogen-bond donors (Lipinski definition) is 1. The largest absolute Gasteiger partial charge is 0.311 e. The minimum atomic E-state index is -0.0390. The molecule has 3 unspecified atom stereocenters. The number of anilines is 1. The average molecular weight is 419 g/mol. The Morgan fingerprint density at radius 1 is 1.26 bits per heavy atom. The smallest absolute Gasteiger partial charge is 0.225 e. The molecule has 1 N–H and O–H groups in total. The SMILES string of the molecule is C=C1C[C@@H](CCC(=O)Nc2ccccn2)C2C3CCc4c(F)cccc4C3CC[C@]12C. The van der Waals surface area contributed by atoms with E-state index < -0.39 is 0 Å². The Balaban J connectivity index is 1.34. The summed E-state index contributed by atoms with van der Waals surface area (Å²) in [5, 5.41) is 2.92. The zero-order valence-corrected chi connectivity index (χ0v) is 18.2. The van der Waals surface area contributed by atoms with E-state index in [4.69, 9.17) is 0 Å². The summed E-state index contributed by atoms with van der Waals surface area (Å²) in [5.41, 5.74) is 3.68. The molecule has 1 heterocycles. The number of amides is 1. The van der Waals surface area contributed by atoms with Gasteiger partial charge in [0.15, 0.2) is 0 Å². The third-order valence-electron chi connectivity index (χ3n) is 8.47. The molecule has 3 aliphatic carbocycles. The van der Waals surface area contributed by atoms with Gasteiger partial charge in [0, 0.05) is 12.6 Å². The number of carbonyl (C=O) groups is 1. The normalized spacial score (nSPS) is 31.5. The third-order valence-corrected chi connectivity index (χ3v) is 8.47. The minimum Gasteiger partial charge on any atom is -0.311 e. The molecule has 4 heteroatoms. The van der Waals surface area contributed by atoms with Crippen molar-refractivity contribution in [1.82, 2.24) is 4.98 Å². The van der Waals surface area contributed by atoms with E-state index in [1.54, 1.807) is 12.3 Å². The number of carbonyl (C=O) groups excluding carboxylic acids is 1. The van der Waals surface area contributed by atoms with E-state index in [0.29, 0.717) is 35.9 Å². The first-order valence-electron chi connectivity index (χ1n) is 11.6. The number of rotatable bonds is 4. The number of aromatic nitrogens is 1. The molecule has 3 aliphatic rings. The summed E-state index contributed by atoms with van der Waals surface area (Å²) in [4.78, 5) is 16.8. The van der Waals surface area contributed by atoms with Crippen LogP contribution in [0.5, 0.6) is 0 Å². The summed E-state index contributed by atoms with van der Waals surface area (Å²) in [6.07, 6.45) is 8.17. The number of nitrogens with zero attached hydrogens (tertiary/aromatic N) is 1. The van der Waals surface area contributed by atoms with Crippen molar-refractivity contribution in [2.45, 2.75) is 57.8 Å². The van der Waals surface area contributed by atoms with Crippen LogP contribution in [0.4, 0.5) is 10.2 Å². The van der Waals surface area contributed by atoms with Crippen molar-refractivity contribution in [3.05, 3.63) is 71.7 Å². The van der Waals surface area contributed by atoms with Gasteiger partial charge in [-0.15, -0.1) is 0 Å². The zero-order chi connectivity index (χ0) is 21.6. The van der Waals surface area contributed by atoms with Crippen molar-refractivity contribution < 1.29 is 9.18 Å². The van der Waals surface area contributed by atoms with E-state index in [-0.39, 0.29) is 17.1 Å². The van der Waals surface area contributed by atoms with Crippen LogP contribution in [0.3, 0.4) is 0 Å². The number of halogens is 1. The number of benzene rings is 1. The summed E-state index contributed by atoms with van der Waals surface area (Å²) >= 11 is 0. The van der Waals surface area contributed by atoms with E-state index >= 15 is 0 Å². The van der Waals surface area contributed by atoms with Crippen LogP contribution in [-0.4, -0.2) is 10.9 Å². The predicted octanol–water partition coefficient (Wildman–Crippen LogP) is 6.28. The van der Waals surface area contributed by atoms with Crippen molar-refractivity contribution in [2.75, 3.05) is 5.32 Å². The maximum Gasteiger partial charge on any atom is 0.225 e. The summed E-state index contributed by atoms with van der Waals surface area (Å²) in [7, 11) is 0. The molecule has 31 heavy (non-hydrogen) atoms. The van der Waals surface area contributed by atoms with Crippen molar-refractivity contribution in [2.24, 2.45) is 23.2 Å². The Labute approximate surface area is 184 Å². The van der Waals surface area contributed by atoms with Crippen LogP contribution < -0.4 is 5.32 Å². The molecule has 0 bridgehead atoms. The highest BCUT2D eigenvalue weighted by Gasteiger charge is 2.55. The third kappa shape index (κ3) is 3.50. The second-order valence-electron chi connectivity index (χ2n) is 9.97. The van der Waals surface area contributed by atoms with Gasteiger partial charge in [0.2, 0.25) is 5.91 Å². The first-order valence-corrected chi connectivity index (χ1v) is 11.6. The lowest BCUT2D eigenvalue weighted by atomic mass is 9.53. The van der Waals surface area contributed by atoms with Crippen LogP contribution in [0.2, 0.25) is 0 Å². The lowest BCUT2D eigenvalue weighted by Gasteiger charge is -2.51.